The first-order valence-corrected chi connectivity index (χ1v) is 6.14. The molecule has 0 aromatic heterocycles. The molecule has 1 aliphatic rings. The second-order valence-corrected chi connectivity index (χ2v) is 4.95. The highest BCUT2D eigenvalue weighted by atomic mass is 16.4. The van der Waals surface area contributed by atoms with E-state index in [1.165, 1.54) is 0 Å². The number of hydrogen-bond donors (Lipinski definition) is 1. The third-order valence-electron chi connectivity index (χ3n) is 3.01. The van der Waals surface area contributed by atoms with Gasteiger partial charge in [-0.05, 0) is 39.0 Å². The molecule has 1 aliphatic heterocycles. The summed E-state index contributed by atoms with van der Waals surface area (Å²) in [7, 11) is 0. The van der Waals surface area contributed by atoms with E-state index in [2.05, 4.69) is 0 Å². The summed E-state index contributed by atoms with van der Waals surface area (Å²) < 4.78 is 0. The van der Waals surface area contributed by atoms with E-state index in [4.69, 9.17) is 5.11 Å². The monoisotopic (exact) mass is 239 g/mol. The zero-order valence-electron chi connectivity index (χ0n) is 10.6. The van der Waals surface area contributed by atoms with Crippen LogP contribution in [0.2, 0.25) is 0 Å². The first kappa shape index (κ1) is 13.7. The van der Waals surface area contributed by atoms with E-state index >= 15 is 0 Å². The fourth-order valence-electron chi connectivity index (χ4n) is 2.17. The molecule has 1 saturated heterocycles. The molecular formula is C13H21NO3. The average Bonchev–Trinajstić information content (AvgIpc) is 2.26. The molecular weight excluding hydrogens is 218 g/mol. The number of hydrogen-bond acceptors (Lipinski definition) is 2. The fraction of sp³-hybridized carbons (Fsp3) is 0.692. The molecule has 0 spiro atoms. The summed E-state index contributed by atoms with van der Waals surface area (Å²) in [4.78, 5) is 24.2. The Hall–Kier alpha value is -1.32. The van der Waals surface area contributed by atoms with Crippen molar-refractivity contribution in [1.29, 1.82) is 0 Å². The van der Waals surface area contributed by atoms with Gasteiger partial charge in [0, 0.05) is 25.6 Å². The number of aliphatic carboxylic acids is 1. The van der Waals surface area contributed by atoms with Crippen molar-refractivity contribution < 1.29 is 14.7 Å². The van der Waals surface area contributed by atoms with Gasteiger partial charge < -0.3 is 10.0 Å². The summed E-state index contributed by atoms with van der Waals surface area (Å²) in [6.07, 6.45) is 4.54. The third-order valence-corrected chi connectivity index (χ3v) is 3.01. The lowest BCUT2D eigenvalue weighted by Gasteiger charge is -2.32. The molecule has 0 bridgehead atoms. The quantitative estimate of drug-likeness (QED) is 0.764. The van der Waals surface area contributed by atoms with Gasteiger partial charge in [-0.1, -0.05) is 5.57 Å². The van der Waals surface area contributed by atoms with Gasteiger partial charge in [0.1, 0.15) is 0 Å². The first-order valence-electron chi connectivity index (χ1n) is 6.14. The molecule has 1 amide bonds. The van der Waals surface area contributed by atoms with Gasteiger partial charge in [0.15, 0.2) is 0 Å². The number of carbonyl (C=O) groups is 2. The fourth-order valence-corrected chi connectivity index (χ4v) is 2.17. The normalized spacial score (nSPS) is 19.9. The number of carboxylic acid groups (broad SMARTS) is 1. The molecule has 1 N–H and O–H groups in total. The number of carbonyl (C=O) groups excluding carboxylic acids is 1. The highest BCUT2D eigenvalue weighted by molar-refractivity contribution is 5.88. The lowest BCUT2D eigenvalue weighted by Crippen LogP contribution is -2.39. The van der Waals surface area contributed by atoms with Crippen LogP contribution in [0.3, 0.4) is 0 Å². The molecule has 4 heteroatoms. The van der Waals surface area contributed by atoms with Crippen LogP contribution >= 0.6 is 0 Å². The molecule has 1 heterocycles. The van der Waals surface area contributed by atoms with Crippen LogP contribution in [-0.2, 0) is 9.59 Å². The lowest BCUT2D eigenvalue weighted by molar-refractivity contribution is -0.137. The van der Waals surface area contributed by atoms with Crippen molar-refractivity contribution in [2.75, 3.05) is 13.1 Å². The van der Waals surface area contributed by atoms with Crippen molar-refractivity contribution in [3.05, 3.63) is 11.6 Å². The molecule has 0 radical (unpaired) electrons. The number of piperidine rings is 1. The molecule has 96 valence electrons. The Labute approximate surface area is 102 Å². The number of amides is 1. The van der Waals surface area contributed by atoms with Gasteiger partial charge in [-0.15, -0.1) is 0 Å². The maximum atomic E-state index is 11.8. The Morgan fingerprint density at radius 2 is 2.12 bits per heavy atom. The van der Waals surface area contributed by atoms with E-state index in [0.29, 0.717) is 18.9 Å². The molecule has 0 aromatic rings. The number of allylic oxidation sites excluding steroid dienone is 1. The van der Waals surface area contributed by atoms with Crippen LogP contribution in [0.15, 0.2) is 11.6 Å². The second-order valence-electron chi connectivity index (χ2n) is 4.95. The lowest BCUT2D eigenvalue weighted by atomic mass is 9.93. The maximum Gasteiger partial charge on any atom is 0.303 e. The van der Waals surface area contributed by atoms with Crippen LogP contribution in [-0.4, -0.2) is 35.0 Å². The van der Waals surface area contributed by atoms with Crippen molar-refractivity contribution in [2.24, 2.45) is 5.92 Å². The van der Waals surface area contributed by atoms with Gasteiger partial charge in [0.25, 0.3) is 0 Å². The zero-order chi connectivity index (χ0) is 12.8. The summed E-state index contributed by atoms with van der Waals surface area (Å²) >= 11 is 0. The third kappa shape index (κ3) is 5.02. The molecule has 0 saturated carbocycles. The Morgan fingerprint density at radius 3 is 2.71 bits per heavy atom. The number of nitrogens with zero attached hydrogens (tertiary/aromatic N) is 1. The van der Waals surface area contributed by atoms with Crippen molar-refractivity contribution in [3.63, 3.8) is 0 Å². The number of likely N-dealkylation sites (tertiary alicyclic amines) is 1. The van der Waals surface area contributed by atoms with Gasteiger partial charge in [0.2, 0.25) is 5.91 Å². The number of carboxylic acids is 1. The van der Waals surface area contributed by atoms with E-state index < -0.39 is 5.97 Å². The predicted octanol–water partition coefficient (Wildman–Crippen LogP) is 2.06. The average molecular weight is 239 g/mol. The summed E-state index contributed by atoms with van der Waals surface area (Å²) in [6, 6.07) is 0. The molecule has 1 atom stereocenters. The Bertz CT molecular complexity index is 319. The molecule has 0 aliphatic carbocycles. The predicted molar refractivity (Wildman–Crippen MR) is 65.6 cm³/mol. The summed E-state index contributed by atoms with van der Waals surface area (Å²) in [5, 5.41) is 8.65. The Morgan fingerprint density at radius 1 is 1.41 bits per heavy atom. The van der Waals surface area contributed by atoms with E-state index in [9.17, 15) is 9.59 Å². The molecule has 1 rings (SSSR count). The van der Waals surface area contributed by atoms with Crippen molar-refractivity contribution in [1.82, 2.24) is 4.90 Å². The van der Waals surface area contributed by atoms with Gasteiger partial charge in [0.05, 0.1) is 0 Å². The van der Waals surface area contributed by atoms with E-state index in [1.54, 1.807) is 6.08 Å². The minimum Gasteiger partial charge on any atom is -0.481 e. The van der Waals surface area contributed by atoms with E-state index in [-0.39, 0.29) is 12.3 Å². The summed E-state index contributed by atoms with van der Waals surface area (Å²) in [5.74, 6) is -0.350. The van der Waals surface area contributed by atoms with Crippen LogP contribution in [0.5, 0.6) is 0 Å². The van der Waals surface area contributed by atoms with Crippen LogP contribution in [0.1, 0.15) is 39.5 Å². The maximum absolute atomic E-state index is 11.8. The van der Waals surface area contributed by atoms with Crippen LogP contribution < -0.4 is 0 Å². The van der Waals surface area contributed by atoms with Gasteiger partial charge in [-0.2, -0.15) is 0 Å². The molecule has 0 unspecified atom stereocenters. The molecule has 4 nitrogen and oxygen atoms in total. The smallest absolute Gasteiger partial charge is 0.303 e. The zero-order valence-corrected chi connectivity index (χ0v) is 10.6. The molecule has 1 fully saturated rings. The Kier molecular flexibility index (Phi) is 5.19. The minimum atomic E-state index is -0.752. The highest BCUT2D eigenvalue weighted by Gasteiger charge is 2.22. The van der Waals surface area contributed by atoms with Gasteiger partial charge >= 0.3 is 5.97 Å². The number of rotatable bonds is 4. The second kappa shape index (κ2) is 6.42. The van der Waals surface area contributed by atoms with Crippen LogP contribution in [0.4, 0.5) is 0 Å². The first-order chi connectivity index (χ1) is 7.99. The van der Waals surface area contributed by atoms with Gasteiger partial charge in [-0.25, -0.2) is 0 Å². The SMILES string of the molecule is CC(C)=CC(=O)N1CCC[C@@H](CCC(=O)O)C1. The van der Waals surface area contributed by atoms with E-state index in [0.717, 1.165) is 25.0 Å². The summed E-state index contributed by atoms with van der Waals surface area (Å²) in [5.41, 5.74) is 1.00. The molecule has 0 aromatic carbocycles. The topological polar surface area (TPSA) is 57.6 Å². The van der Waals surface area contributed by atoms with Crippen molar-refractivity contribution in [3.8, 4) is 0 Å². The minimum absolute atomic E-state index is 0.0602. The van der Waals surface area contributed by atoms with Crippen LogP contribution in [0.25, 0.3) is 0 Å². The molecule has 17 heavy (non-hydrogen) atoms. The van der Waals surface area contributed by atoms with Crippen molar-refractivity contribution >= 4 is 11.9 Å². The van der Waals surface area contributed by atoms with Gasteiger partial charge in [-0.3, -0.25) is 9.59 Å². The van der Waals surface area contributed by atoms with E-state index in [1.807, 2.05) is 18.7 Å². The highest BCUT2D eigenvalue weighted by Crippen LogP contribution is 2.21. The van der Waals surface area contributed by atoms with Crippen LogP contribution in [0, 0.1) is 5.92 Å². The largest absolute Gasteiger partial charge is 0.481 e. The summed E-state index contributed by atoms with van der Waals surface area (Å²) in [6.45, 7) is 5.32. The standard InChI is InChI=1S/C13H21NO3/c1-10(2)8-12(15)14-7-3-4-11(9-14)5-6-13(16)17/h8,11H,3-7,9H2,1-2H3,(H,16,17)/t11-/m0/s1. The Balaban J connectivity index is 2.46. The van der Waals surface area contributed by atoms with Crippen molar-refractivity contribution in [2.45, 2.75) is 39.5 Å².